The number of anilines is 1. The SMILES string of the molecule is CN(C)CCN1CCCCC1c1cccc(N)c1. The molecule has 2 N–H and O–H groups in total. The highest BCUT2D eigenvalue weighted by Crippen LogP contribution is 2.31. The smallest absolute Gasteiger partial charge is 0.0349 e. The van der Waals surface area contributed by atoms with Gasteiger partial charge in [-0.2, -0.15) is 0 Å². The Bertz CT molecular complexity index is 376. The summed E-state index contributed by atoms with van der Waals surface area (Å²) in [5, 5.41) is 0. The van der Waals surface area contributed by atoms with Gasteiger partial charge < -0.3 is 10.6 Å². The first-order valence-electron chi connectivity index (χ1n) is 6.91. The van der Waals surface area contributed by atoms with E-state index in [2.05, 4.69) is 42.1 Å². The average Bonchev–Trinajstić information content (AvgIpc) is 2.36. The topological polar surface area (TPSA) is 32.5 Å². The lowest BCUT2D eigenvalue weighted by atomic mass is 9.95. The molecule has 1 unspecified atom stereocenters. The molecule has 1 aliphatic rings. The minimum Gasteiger partial charge on any atom is -0.399 e. The second-order valence-corrected chi connectivity index (χ2v) is 5.52. The number of rotatable bonds is 4. The summed E-state index contributed by atoms with van der Waals surface area (Å²) in [5.41, 5.74) is 8.17. The molecular weight excluding hydrogens is 222 g/mol. The number of nitrogens with zero attached hydrogens (tertiary/aromatic N) is 2. The maximum Gasteiger partial charge on any atom is 0.0349 e. The predicted molar refractivity (Wildman–Crippen MR) is 77.6 cm³/mol. The first-order chi connectivity index (χ1) is 8.66. The molecule has 1 heterocycles. The zero-order valence-electron chi connectivity index (χ0n) is 11.6. The molecule has 1 aromatic carbocycles. The van der Waals surface area contributed by atoms with Crippen molar-refractivity contribution in [2.24, 2.45) is 0 Å². The highest BCUT2D eigenvalue weighted by atomic mass is 15.2. The Morgan fingerprint density at radius 1 is 1.33 bits per heavy atom. The summed E-state index contributed by atoms with van der Waals surface area (Å²) >= 11 is 0. The van der Waals surface area contributed by atoms with Crippen LogP contribution in [0.5, 0.6) is 0 Å². The van der Waals surface area contributed by atoms with Crippen molar-refractivity contribution in [1.82, 2.24) is 9.80 Å². The lowest BCUT2D eigenvalue weighted by molar-refractivity contribution is 0.137. The van der Waals surface area contributed by atoms with E-state index in [1.807, 2.05) is 6.07 Å². The second kappa shape index (κ2) is 6.21. The third-order valence-electron chi connectivity index (χ3n) is 3.74. The van der Waals surface area contributed by atoms with E-state index in [0.717, 1.165) is 18.8 Å². The lowest BCUT2D eigenvalue weighted by Crippen LogP contribution is -2.38. The van der Waals surface area contributed by atoms with Gasteiger partial charge in [0.25, 0.3) is 0 Å². The third-order valence-corrected chi connectivity index (χ3v) is 3.74. The van der Waals surface area contributed by atoms with E-state index >= 15 is 0 Å². The Morgan fingerprint density at radius 2 is 2.17 bits per heavy atom. The van der Waals surface area contributed by atoms with Crippen molar-refractivity contribution in [2.75, 3.05) is 39.5 Å². The zero-order valence-corrected chi connectivity index (χ0v) is 11.6. The van der Waals surface area contributed by atoms with E-state index in [4.69, 9.17) is 5.73 Å². The van der Waals surface area contributed by atoms with Gasteiger partial charge >= 0.3 is 0 Å². The average molecular weight is 247 g/mol. The molecule has 1 saturated heterocycles. The normalized spacial score (nSPS) is 21.4. The maximum atomic E-state index is 5.91. The minimum absolute atomic E-state index is 0.558. The fourth-order valence-electron chi connectivity index (χ4n) is 2.73. The summed E-state index contributed by atoms with van der Waals surface area (Å²) in [7, 11) is 4.28. The molecule has 1 fully saturated rings. The number of hydrogen-bond acceptors (Lipinski definition) is 3. The van der Waals surface area contributed by atoms with Crippen molar-refractivity contribution in [2.45, 2.75) is 25.3 Å². The van der Waals surface area contributed by atoms with Crippen LogP contribution < -0.4 is 5.73 Å². The summed E-state index contributed by atoms with van der Waals surface area (Å²) < 4.78 is 0. The molecule has 2 rings (SSSR count). The van der Waals surface area contributed by atoms with E-state index in [1.165, 1.54) is 31.4 Å². The summed E-state index contributed by atoms with van der Waals surface area (Å²) in [6.45, 7) is 3.48. The van der Waals surface area contributed by atoms with E-state index in [1.54, 1.807) is 0 Å². The number of nitrogens with two attached hydrogens (primary N) is 1. The van der Waals surface area contributed by atoms with Gasteiger partial charge in [0.1, 0.15) is 0 Å². The van der Waals surface area contributed by atoms with Gasteiger partial charge in [0, 0.05) is 24.8 Å². The Morgan fingerprint density at radius 3 is 2.89 bits per heavy atom. The first kappa shape index (κ1) is 13.4. The van der Waals surface area contributed by atoms with Crippen molar-refractivity contribution in [3.8, 4) is 0 Å². The second-order valence-electron chi connectivity index (χ2n) is 5.52. The largest absolute Gasteiger partial charge is 0.399 e. The molecule has 0 amide bonds. The van der Waals surface area contributed by atoms with Crippen molar-refractivity contribution in [3.63, 3.8) is 0 Å². The van der Waals surface area contributed by atoms with E-state index in [-0.39, 0.29) is 0 Å². The Hall–Kier alpha value is -1.06. The van der Waals surface area contributed by atoms with E-state index < -0.39 is 0 Å². The molecule has 1 atom stereocenters. The summed E-state index contributed by atoms with van der Waals surface area (Å²) in [6.07, 6.45) is 3.92. The monoisotopic (exact) mass is 247 g/mol. The Balaban J connectivity index is 2.07. The standard InChI is InChI=1S/C15H25N3/c1-17(2)10-11-18-9-4-3-8-15(18)13-6-5-7-14(16)12-13/h5-7,12,15H,3-4,8-11,16H2,1-2H3. The zero-order chi connectivity index (χ0) is 13.0. The first-order valence-corrected chi connectivity index (χ1v) is 6.91. The molecule has 0 aromatic heterocycles. The number of likely N-dealkylation sites (tertiary alicyclic amines) is 1. The van der Waals surface area contributed by atoms with Gasteiger partial charge in [-0.3, -0.25) is 4.90 Å². The molecule has 0 saturated carbocycles. The van der Waals surface area contributed by atoms with Crippen LogP contribution in [0.4, 0.5) is 5.69 Å². The molecule has 100 valence electrons. The van der Waals surface area contributed by atoms with Crippen LogP contribution in [0, 0.1) is 0 Å². The number of nitrogen functional groups attached to an aromatic ring is 1. The quantitative estimate of drug-likeness (QED) is 0.829. The van der Waals surface area contributed by atoms with Gasteiger partial charge in [-0.25, -0.2) is 0 Å². The van der Waals surface area contributed by atoms with Crippen LogP contribution in [0.1, 0.15) is 30.9 Å². The Labute approximate surface area is 111 Å². The molecule has 0 radical (unpaired) electrons. The predicted octanol–water partition coefficient (Wildman–Crippen LogP) is 2.36. The highest BCUT2D eigenvalue weighted by molar-refractivity contribution is 5.41. The van der Waals surface area contributed by atoms with Crippen molar-refractivity contribution in [1.29, 1.82) is 0 Å². The summed E-state index contributed by atoms with van der Waals surface area (Å²) in [6, 6.07) is 8.95. The molecule has 0 spiro atoms. The van der Waals surface area contributed by atoms with E-state index in [0.29, 0.717) is 6.04 Å². The molecule has 0 bridgehead atoms. The molecule has 3 nitrogen and oxygen atoms in total. The van der Waals surface area contributed by atoms with Gasteiger partial charge in [-0.1, -0.05) is 18.6 Å². The minimum atomic E-state index is 0.558. The van der Waals surface area contributed by atoms with Crippen LogP contribution in [0.25, 0.3) is 0 Å². The maximum absolute atomic E-state index is 5.91. The summed E-state index contributed by atoms with van der Waals surface area (Å²) in [4.78, 5) is 4.86. The van der Waals surface area contributed by atoms with Gasteiger partial charge in [-0.15, -0.1) is 0 Å². The number of piperidine rings is 1. The van der Waals surface area contributed by atoms with Crippen LogP contribution in [-0.4, -0.2) is 43.5 Å². The van der Waals surface area contributed by atoms with Crippen LogP contribution >= 0.6 is 0 Å². The fourth-order valence-corrected chi connectivity index (χ4v) is 2.73. The lowest BCUT2D eigenvalue weighted by Gasteiger charge is -2.36. The molecule has 0 aliphatic carbocycles. The molecule has 1 aliphatic heterocycles. The van der Waals surface area contributed by atoms with Crippen LogP contribution in [-0.2, 0) is 0 Å². The van der Waals surface area contributed by atoms with Crippen LogP contribution in [0.15, 0.2) is 24.3 Å². The molecule has 3 heteroatoms. The van der Waals surface area contributed by atoms with Crippen LogP contribution in [0.3, 0.4) is 0 Å². The van der Waals surface area contributed by atoms with Crippen molar-refractivity contribution < 1.29 is 0 Å². The summed E-state index contributed by atoms with van der Waals surface area (Å²) in [5.74, 6) is 0. The number of likely N-dealkylation sites (N-methyl/N-ethyl adjacent to an activating group) is 1. The highest BCUT2D eigenvalue weighted by Gasteiger charge is 2.23. The number of benzene rings is 1. The molecular formula is C15H25N3. The van der Waals surface area contributed by atoms with Gasteiger partial charge in [0.2, 0.25) is 0 Å². The fraction of sp³-hybridized carbons (Fsp3) is 0.600. The van der Waals surface area contributed by atoms with Gasteiger partial charge in [0.15, 0.2) is 0 Å². The molecule has 18 heavy (non-hydrogen) atoms. The third kappa shape index (κ3) is 3.47. The van der Waals surface area contributed by atoms with Crippen molar-refractivity contribution >= 4 is 5.69 Å². The van der Waals surface area contributed by atoms with Gasteiger partial charge in [0.05, 0.1) is 0 Å². The van der Waals surface area contributed by atoms with Crippen molar-refractivity contribution in [3.05, 3.63) is 29.8 Å². The number of hydrogen-bond donors (Lipinski definition) is 1. The van der Waals surface area contributed by atoms with E-state index in [9.17, 15) is 0 Å². The Kier molecular flexibility index (Phi) is 4.61. The molecule has 1 aromatic rings. The van der Waals surface area contributed by atoms with Gasteiger partial charge in [-0.05, 0) is 51.2 Å². The van der Waals surface area contributed by atoms with Crippen LogP contribution in [0.2, 0.25) is 0 Å².